The number of benzene rings is 1. The number of amides is 1. The second-order valence-corrected chi connectivity index (χ2v) is 8.77. The average Bonchev–Trinajstić information content (AvgIpc) is 3.29. The van der Waals surface area contributed by atoms with Gasteiger partial charge in [0.15, 0.2) is 5.13 Å². The molecule has 1 unspecified atom stereocenters. The molecule has 5 rings (SSSR count). The molecule has 1 aromatic carbocycles. The Morgan fingerprint density at radius 1 is 1.25 bits per heavy atom. The SMILES string of the molecule is Nc1nc2c(s1)CCCC2C(=O)N1CCN(Cc2cc3ccccc3o2)CC1. The van der Waals surface area contributed by atoms with Crippen LogP contribution in [0, 0.1) is 0 Å². The highest BCUT2D eigenvalue weighted by molar-refractivity contribution is 7.15. The van der Waals surface area contributed by atoms with E-state index in [4.69, 9.17) is 10.2 Å². The van der Waals surface area contributed by atoms with Gasteiger partial charge in [-0.25, -0.2) is 4.98 Å². The Bertz CT molecular complexity index is 970. The Morgan fingerprint density at radius 3 is 2.89 bits per heavy atom. The number of aromatic nitrogens is 1. The molecule has 0 spiro atoms. The van der Waals surface area contributed by atoms with Crippen LogP contribution >= 0.6 is 11.3 Å². The topological polar surface area (TPSA) is 75.6 Å². The Balaban J connectivity index is 1.22. The quantitative estimate of drug-likeness (QED) is 0.736. The zero-order chi connectivity index (χ0) is 19.1. The van der Waals surface area contributed by atoms with E-state index in [-0.39, 0.29) is 11.8 Å². The number of thiazole rings is 1. The van der Waals surface area contributed by atoms with E-state index in [0.717, 1.165) is 74.4 Å². The first-order valence-corrected chi connectivity index (χ1v) is 10.7. The average molecular weight is 397 g/mol. The number of carbonyl (C=O) groups excluding carboxylic acids is 1. The predicted molar refractivity (Wildman–Crippen MR) is 110 cm³/mol. The summed E-state index contributed by atoms with van der Waals surface area (Å²) in [7, 11) is 0. The van der Waals surface area contributed by atoms with Gasteiger partial charge in [0.2, 0.25) is 5.91 Å². The van der Waals surface area contributed by atoms with Gasteiger partial charge in [-0.15, -0.1) is 11.3 Å². The molecule has 1 saturated heterocycles. The number of anilines is 1. The summed E-state index contributed by atoms with van der Waals surface area (Å²) >= 11 is 1.54. The minimum Gasteiger partial charge on any atom is -0.460 e. The van der Waals surface area contributed by atoms with E-state index >= 15 is 0 Å². The minimum absolute atomic E-state index is 0.112. The highest BCUT2D eigenvalue weighted by Crippen LogP contribution is 2.37. The van der Waals surface area contributed by atoms with Crippen molar-refractivity contribution < 1.29 is 9.21 Å². The number of nitrogens with zero attached hydrogens (tertiary/aromatic N) is 3. The van der Waals surface area contributed by atoms with Crippen LogP contribution in [0.3, 0.4) is 0 Å². The molecule has 1 aliphatic heterocycles. The van der Waals surface area contributed by atoms with Crippen molar-refractivity contribution in [3.05, 3.63) is 46.7 Å². The van der Waals surface area contributed by atoms with Crippen LogP contribution in [-0.4, -0.2) is 46.9 Å². The molecule has 0 bridgehead atoms. The predicted octanol–water partition coefficient (Wildman–Crippen LogP) is 3.24. The third kappa shape index (κ3) is 3.29. The number of nitrogen functional groups attached to an aromatic ring is 1. The summed E-state index contributed by atoms with van der Waals surface area (Å²) in [5.74, 6) is 1.09. The van der Waals surface area contributed by atoms with Crippen molar-refractivity contribution in [1.29, 1.82) is 0 Å². The molecular formula is C21H24N4O2S. The minimum atomic E-state index is -0.112. The molecule has 146 valence electrons. The fourth-order valence-electron chi connectivity index (χ4n) is 4.36. The van der Waals surface area contributed by atoms with E-state index in [9.17, 15) is 4.79 Å². The first-order valence-electron chi connectivity index (χ1n) is 9.91. The number of rotatable bonds is 3. The van der Waals surface area contributed by atoms with Crippen molar-refractivity contribution in [3.8, 4) is 0 Å². The van der Waals surface area contributed by atoms with Crippen LogP contribution in [0.2, 0.25) is 0 Å². The van der Waals surface area contributed by atoms with E-state index in [1.807, 2.05) is 23.1 Å². The van der Waals surface area contributed by atoms with Gasteiger partial charge in [0.25, 0.3) is 0 Å². The molecule has 2 aromatic heterocycles. The van der Waals surface area contributed by atoms with Crippen molar-refractivity contribution in [2.75, 3.05) is 31.9 Å². The molecule has 1 amide bonds. The van der Waals surface area contributed by atoms with Crippen molar-refractivity contribution >= 4 is 33.3 Å². The highest BCUT2D eigenvalue weighted by atomic mass is 32.1. The Morgan fingerprint density at radius 2 is 2.07 bits per heavy atom. The molecule has 6 nitrogen and oxygen atoms in total. The second-order valence-electron chi connectivity index (χ2n) is 7.66. The van der Waals surface area contributed by atoms with E-state index in [2.05, 4.69) is 22.0 Å². The third-order valence-electron chi connectivity index (χ3n) is 5.81. The maximum atomic E-state index is 13.1. The maximum absolute atomic E-state index is 13.1. The molecule has 2 aliphatic rings. The lowest BCUT2D eigenvalue weighted by atomic mass is 9.89. The van der Waals surface area contributed by atoms with Gasteiger partial charge < -0.3 is 15.1 Å². The number of aryl methyl sites for hydroxylation is 1. The Kier molecular flexibility index (Phi) is 4.56. The molecule has 3 heterocycles. The van der Waals surface area contributed by atoms with Crippen molar-refractivity contribution in [2.24, 2.45) is 0 Å². The second kappa shape index (κ2) is 7.22. The molecule has 3 aromatic rings. The third-order valence-corrected chi connectivity index (χ3v) is 6.77. The molecule has 1 fully saturated rings. The van der Waals surface area contributed by atoms with Crippen LogP contribution in [-0.2, 0) is 17.8 Å². The number of piperazine rings is 1. The van der Waals surface area contributed by atoms with E-state index in [0.29, 0.717) is 5.13 Å². The molecule has 1 atom stereocenters. The van der Waals surface area contributed by atoms with E-state index < -0.39 is 0 Å². The van der Waals surface area contributed by atoms with Gasteiger partial charge in [-0.3, -0.25) is 9.69 Å². The summed E-state index contributed by atoms with van der Waals surface area (Å²) in [4.78, 5) is 23.1. The van der Waals surface area contributed by atoms with Crippen molar-refractivity contribution in [2.45, 2.75) is 31.7 Å². The standard InChI is InChI=1S/C21H24N4O2S/c22-21-23-19-16(5-3-7-18(19)28-21)20(26)25-10-8-24(9-11-25)13-15-12-14-4-1-2-6-17(14)27-15/h1-2,4,6,12,16H,3,5,7-11,13H2,(H2,22,23). The fraction of sp³-hybridized carbons (Fsp3) is 0.429. The summed E-state index contributed by atoms with van der Waals surface area (Å²) in [5.41, 5.74) is 7.75. The van der Waals surface area contributed by atoms with Gasteiger partial charge in [0.05, 0.1) is 18.2 Å². The lowest BCUT2D eigenvalue weighted by Gasteiger charge is -2.36. The number of furan rings is 1. The first kappa shape index (κ1) is 17.7. The maximum Gasteiger partial charge on any atom is 0.231 e. The normalized spacial score (nSPS) is 20.4. The van der Waals surface area contributed by atoms with Crippen LogP contribution in [0.5, 0.6) is 0 Å². The fourth-order valence-corrected chi connectivity index (χ4v) is 5.29. The summed E-state index contributed by atoms with van der Waals surface area (Å²) in [6.07, 6.45) is 2.92. The van der Waals surface area contributed by atoms with Gasteiger partial charge in [-0.2, -0.15) is 0 Å². The number of hydrogen-bond acceptors (Lipinski definition) is 6. The monoisotopic (exact) mass is 396 g/mol. The Hall–Kier alpha value is -2.38. The van der Waals surface area contributed by atoms with E-state index in [1.54, 1.807) is 0 Å². The molecule has 28 heavy (non-hydrogen) atoms. The van der Waals surface area contributed by atoms with Crippen LogP contribution in [0.4, 0.5) is 5.13 Å². The van der Waals surface area contributed by atoms with Crippen LogP contribution < -0.4 is 5.73 Å². The van der Waals surface area contributed by atoms with Gasteiger partial charge in [0, 0.05) is 36.4 Å². The van der Waals surface area contributed by atoms with Crippen LogP contribution in [0.15, 0.2) is 34.7 Å². The van der Waals surface area contributed by atoms with Gasteiger partial charge in [-0.05, 0) is 31.4 Å². The van der Waals surface area contributed by atoms with Crippen LogP contribution in [0.25, 0.3) is 11.0 Å². The summed E-state index contributed by atoms with van der Waals surface area (Å²) in [5, 5.41) is 1.72. The molecule has 0 radical (unpaired) electrons. The van der Waals surface area contributed by atoms with Gasteiger partial charge in [-0.1, -0.05) is 18.2 Å². The van der Waals surface area contributed by atoms with Crippen LogP contribution in [0.1, 0.15) is 35.1 Å². The van der Waals surface area contributed by atoms with E-state index in [1.165, 1.54) is 16.2 Å². The molecule has 2 N–H and O–H groups in total. The zero-order valence-corrected chi connectivity index (χ0v) is 16.6. The van der Waals surface area contributed by atoms with Gasteiger partial charge in [0.1, 0.15) is 11.3 Å². The first-order chi connectivity index (χ1) is 13.7. The zero-order valence-electron chi connectivity index (χ0n) is 15.8. The number of nitrogens with two attached hydrogens (primary N) is 1. The van der Waals surface area contributed by atoms with Crippen molar-refractivity contribution in [3.63, 3.8) is 0 Å². The number of hydrogen-bond donors (Lipinski definition) is 1. The lowest BCUT2D eigenvalue weighted by molar-refractivity contribution is -0.135. The smallest absolute Gasteiger partial charge is 0.231 e. The summed E-state index contributed by atoms with van der Waals surface area (Å²) in [6.45, 7) is 4.02. The van der Waals surface area contributed by atoms with Crippen molar-refractivity contribution in [1.82, 2.24) is 14.8 Å². The summed E-state index contributed by atoms with van der Waals surface area (Å²) < 4.78 is 5.94. The molecule has 1 aliphatic carbocycles. The summed E-state index contributed by atoms with van der Waals surface area (Å²) in [6, 6.07) is 10.2. The van der Waals surface area contributed by atoms with Gasteiger partial charge >= 0.3 is 0 Å². The lowest BCUT2D eigenvalue weighted by Crippen LogP contribution is -2.49. The highest BCUT2D eigenvalue weighted by Gasteiger charge is 2.34. The Labute approximate surface area is 167 Å². The molecule has 0 saturated carbocycles. The molecule has 7 heteroatoms. The number of para-hydroxylation sites is 1. The molecular weight excluding hydrogens is 372 g/mol. The number of carbonyl (C=O) groups is 1. The largest absolute Gasteiger partial charge is 0.460 e. The number of fused-ring (bicyclic) bond motifs is 2.